The highest BCUT2D eigenvalue weighted by Crippen LogP contribution is 2.62. The van der Waals surface area contributed by atoms with Gasteiger partial charge < -0.3 is 10.1 Å². The van der Waals surface area contributed by atoms with Gasteiger partial charge in [0.1, 0.15) is 4.21 Å². The summed E-state index contributed by atoms with van der Waals surface area (Å²) in [5.74, 6) is 0.634. The Morgan fingerprint density at radius 1 is 1.36 bits per heavy atom. The van der Waals surface area contributed by atoms with E-state index in [0.29, 0.717) is 40.8 Å². The summed E-state index contributed by atoms with van der Waals surface area (Å²) in [5, 5.41) is 5.38. The average molecular weight is 342 g/mol. The molecular formula is C15H22N2O3S2. The molecule has 1 aromatic rings. The molecule has 1 spiro atoms. The van der Waals surface area contributed by atoms with Crippen molar-refractivity contribution < 1.29 is 13.2 Å². The molecule has 22 heavy (non-hydrogen) atoms. The quantitative estimate of drug-likeness (QED) is 0.770. The van der Waals surface area contributed by atoms with Gasteiger partial charge in [0.05, 0.1) is 6.10 Å². The van der Waals surface area contributed by atoms with E-state index in [1.807, 2.05) is 0 Å². The summed E-state index contributed by atoms with van der Waals surface area (Å²) in [6.45, 7) is 2.01. The number of hydrogen-bond acceptors (Lipinski definition) is 5. The van der Waals surface area contributed by atoms with Crippen molar-refractivity contribution in [1.82, 2.24) is 10.0 Å². The molecule has 1 saturated heterocycles. The molecule has 1 aliphatic heterocycles. The van der Waals surface area contributed by atoms with Crippen LogP contribution in [0.1, 0.15) is 25.7 Å². The summed E-state index contributed by atoms with van der Waals surface area (Å²) < 4.78 is 33.1. The topological polar surface area (TPSA) is 67.4 Å². The Labute approximate surface area is 135 Å². The smallest absolute Gasteiger partial charge is 0.250 e. The first-order valence-corrected chi connectivity index (χ1v) is 10.4. The van der Waals surface area contributed by atoms with Gasteiger partial charge in [0.2, 0.25) is 10.0 Å². The molecule has 3 atom stereocenters. The van der Waals surface area contributed by atoms with Crippen LogP contribution in [0.4, 0.5) is 0 Å². The van der Waals surface area contributed by atoms with Gasteiger partial charge in [-0.25, -0.2) is 13.1 Å². The van der Waals surface area contributed by atoms with Gasteiger partial charge in [0.25, 0.3) is 0 Å². The third kappa shape index (κ3) is 2.26. The molecule has 2 N–H and O–H groups in total. The maximum Gasteiger partial charge on any atom is 0.250 e. The maximum absolute atomic E-state index is 12.1. The summed E-state index contributed by atoms with van der Waals surface area (Å²) in [7, 11) is -3.34. The van der Waals surface area contributed by atoms with Crippen LogP contribution in [-0.4, -0.2) is 40.3 Å². The molecule has 122 valence electrons. The number of rotatable bonds is 6. The van der Waals surface area contributed by atoms with Crippen LogP contribution < -0.4 is 10.0 Å². The molecule has 0 radical (unpaired) electrons. The first-order chi connectivity index (χ1) is 10.6. The van der Waals surface area contributed by atoms with Crippen LogP contribution in [-0.2, 0) is 14.8 Å². The SMILES string of the molecule is O=S(=O)(NCCN[C@@H]1[C@H]2CCO[C@H]2C12CCC2)c1cccs1. The molecule has 2 heterocycles. The van der Waals surface area contributed by atoms with E-state index in [1.54, 1.807) is 17.5 Å². The number of hydrogen-bond donors (Lipinski definition) is 2. The summed E-state index contributed by atoms with van der Waals surface area (Å²) in [6, 6.07) is 3.91. The van der Waals surface area contributed by atoms with Crippen LogP contribution in [0.15, 0.2) is 21.7 Å². The summed E-state index contributed by atoms with van der Waals surface area (Å²) in [4.78, 5) is 0. The normalized spacial score (nSPS) is 32.5. The molecule has 3 fully saturated rings. The highest BCUT2D eigenvalue weighted by Gasteiger charge is 2.66. The largest absolute Gasteiger partial charge is 0.377 e. The first kappa shape index (κ1) is 15.1. The van der Waals surface area contributed by atoms with Gasteiger partial charge in [0.15, 0.2) is 0 Å². The number of fused-ring (bicyclic) bond motifs is 2. The lowest BCUT2D eigenvalue weighted by Gasteiger charge is -2.63. The van der Waals surface area contributed by atoms with Crippen molar-refractivity contribution in [3.8, 4) is 0 Å². The second-order valence-corrected chi connectivity index (χ2v) is 9.53. The highest BCUT2D eigenvalue weighted by atomic mass is 32.2. The van der Waals surface area contributed by atoms with Gasteiger partial charge in [-0.05, 0) is 30.7 Å². The van der Waals surface area contributed by atoms with Crippen molar-refractivity contribution in [2.75, 3.05) is 19.7 Å². The predicted octanol–water partition coefficient (Wildman–Crippen LogP) is 1.57. The van der Waals surface area contributed by atoms with Crippen LogP contribution in [0.25, 0.3) is 0 Å². The van der Waals surface area contributed by atoms with Gasteiger partial charge in [-0.15, -0.1) is 11.3 Å². The lowest BCUT2D eigenvalue weighted by molar-refractivity contribution is -0.175. The van der Waals surface area contributed by atoms with Gasteiger partial charge in [0, 0.05) is 37.1 Å². The van der Waals surface area contributed by atoms with Crippen molar-refractivity contribution in [1.29, 1.82) is 0 Å². The second kappa shape index (κ2) is 5.56. The van der Waals surface area contributed by atoms with Crippen molar-refractivity contribution >= 4 is 21.4 Å². The van der Waals surface area contributed by atoms with E-state index in [0.717, 1.165) is 13.0 Å². The van der Waals surface area contributed by atoms with Crippen LogP contribution in [0.2, 0.25) is 0 Å². The molecule has 2 saturated carbocycles. The van der Waals surface area contributed by atoms with Crippen molar-refractivity contribution in [2.45, 2.75) is 42.0 Å². The third-order valence-corrected chi connectivity index (χ3v) is 8.44. The Morgan fingerprint density at radius 3 is 2.91 bits per heavy atom. The fourth-order valence-corrected chi connectivity index (χ4v) is 6.53. The molecule has 3 aliphatic rings. The molecule has 1 aromatic heterocycles. The monoisotopic (exact) mass is 342 g/mol. The number of thiophene rings is 1. The van der Waals surface area contributed by atoms with E-state index in [9.17, 15) is 8.42 Å². The van der Waals surface area contributed by atoms with Gasteiger partial charge in [-0.2, -0.15) is 0 Å². The first-order valence-electron chi connectivity index (χ1n) is 8.02. The molecule has 2 aliphatic carbocycles. The molecule has 4 rings (SSSR count). The zero-order valence-corrected chi connectivity index (χ0v) is 14.1. The summed E-state index contributed by atoms with van der Waals surface area (Å²) >= 11 is 1.25. The summed E-state index contributed by atoms with van der Waals surface area (Å²) in [6.07, 6.45) is 5.42. The lowest BCUT2D eigenvalue weighted by atomic mass is 9.46. The Morgan fingerprint density at radius 2 is 2.23 bits per heavy atom. The van der Waals surface area contributed by atoms with Crippen LogP contribution in [0, 0.1) is 11.3 Å². The van der Waals surface area contributed by atoms with Crippen molar-refractivity contribution in [2.24, 2.45) is 11.3 Å². The zero-order chi connectivity index (χ0) is 15.2. The Kier molecular flexibility index (Phi) is 3.81. The summed E-state index contributed by atoms with van der Waals surface area (Å²) in [5.41, 5.74) is 0.355. The number of nitrogens with one attached hydrogen (secondary N) is 2. The number of ether oxygens (including phenoxy) is 1. The Balaban J connectivity index is 1.29. The average Bonchev–Trinajstić information content (AvgIpc) is 3.07. The van der Waals surface area contributed by atoms with Gasteiger partial charge in [-0.3, -0.25) is 0 Å². The van der Waals surface area contributed by atoms with Crippen LogP contribution in [0.3, 0.4) is 0 Å². The highest BCUT2D eigenvalue weighted by molar-refractivity contribution is 7.91. The Hall–Kier alpha value is -0.470. The second-order valence-electron chi connectivity index (χ2n) is 6.59. The van der Waals surface area contributed by atoms with Crippen molar-refractivity contribution in [3.63, 3.8) is 0 Å². The minimum absolute atomic E-state index is 0.355. The maximum atomic E-state index is 12.1. The molecule has 0 amide bonds. The molecule has 7 heteroatoms. The van der Waals surface area contributed by atoms with Crippen LogP contribution >= 0.6 is 11.3 Å². The van der Waals surface area contributed by atoms with E-state index in [-0.39, 0.29) is 0 Å². The fourth-order valence-electron chi connectivity index (χ4n) is 4.46. The van der Waals surface area contributed by atoms with E-state index in [2.05, 4.69) is 10.0 Å². The number of sulfonamides is 1. The van der Waals surface area contributed by atoms with E-state index < -0.39 is 10.0 Å². The third-order valence-electron chi connectivity index (χ3n) is 5.58. The van der Waals surface area contributed by atoms with E-state index >= 15 is 0 Å². The standard InChI is InChI=1S/C15H22N2O3S2/c18-22(19,12-3-1-10-21-12)17-8-7-16-13-11-4-9-20-14(11)15(13)5-2-6-15/h1,3,10-11,13-14,16-17H,2,4-9H2/t11-,13-,14-/m1/s1. The molecular weight excluding hydrogens is 320 g/mol. The molecule has 0 bridgehead atoms. The van der Waals surface area contributed by atoms with Crippen LogP contribution in [0.5, 0.6) is 0 Å². The minimum atomic E-state index is -3.34. The van der Waals surface area contributed by atoms with E-state index in [1.165, 1.54) is 30.6 Å². The molecule has 0 aromatic carbocycles. The molecule has 5 nitrogen and oxygen atoms in total. The Bertz CT molecular complexity index is 625. The lowest BCUT2D eigenvalue weighted by Crippen LogP contribution is -2.71. The minimum Gasteiger partial charge on any atom is -0.377 e. The zero-order valence-electron chi connectivity index (χ0n) is 12.5. The van der Waals surface area contributed by atoms with E-state index in [4.69, 9.17) is 4.74 Å². The molecule has 0 unspecified atom stereocenters. The predicted molar refractivity (Wildman–Crippen MR) is 85.4 cm³/mol. The van der Waals surface area contributed by atoms with Gasteiger partial charge in [-0.1, -0.05) is 12.5 Å². The van der Waals surface area contributed by atoms with Crippen molar-refractivity contribution in [3.05, 3.63) is 17.5 Å². The van der Waals surface area contributed by atoms with Gasteiger partial charge >= 0.3 is 0 Å². The fraction of sp³-hybridized carbons (Fsp3) is 0.733.